The number of thiol groups is 1. The average molecular weight is 206 g/mol. The number of benzene rings is 1. The molecule has 1 aromatic carbocycles. The molecule has 0 nitrogen and oxygen atoms in total. The SMILES string of the molecule is CC(C)c1ccc(C=CCCS)cc1. The van der Waals surface area contributed by atoms with E-state index in [9.17, 15) is 0 Å². The fraction of sp³-hybridized carbons (Fsp3) is 0.385. The summed E-state index contributed by atoms with van der Waals surface area (Å²) in [6, 6.07) is 8.74. The van der Waals surface area contributed by atoms with Crippen LogP contribution in [0.25, 0.3) is 6.08 Å². The Kier molecular flexibility index (Phi) is 4.81. The Balaban J connectivity index is 2.64. The lowest BCUT2D eigenvalue weighted by Crippen LogP contribution is -1.85. The normalized spacial score (nSPS) is 11.4. The quantitative estimate of drug-likeness (QED) is 0.703. The fourth-order valence-corrected chi connectivity index (χ4v) is 1.44. The van der Waals surface area contributed by atoms with Crippen molar-refractivity contribution in [3.63, 3.8) is 0 Å². The highest BCUT2D eigenvalue weighted by atomic mass is 32.1. The van der Waals surface area contributed by atoms with Gasteiger partial charge in [0.1, 0.15) is 0 Å². The van der Waals surface area contributed by atoms with Crippen molar-refractivity contribution in [2.45, 2.75) is 26.2 Å². The molecule has 0 N–H and O–H groups in total. The van der Waals surface area contributed by atoms with Crippen LogP contribution in [0.5, 0.6) is 0 Å². The molecule has 1 heteroatoms. The molecule has 1 rings (SSSR count). The maximum atomic E-state index is 4.16. The summed E-state index contributed by atoms with van der Waals surface area (Å²) < 4.78 is 0. The number of hydrogen-bond donors (Lipinski definition) is 1. The predicted molar refractivity (Wildman–Crippen MR) is 68.0 cm³/mol. The van der Waals surface area contributed by atoms with Crippen LogP contribution in [0, 0.1) is 0 Å². The Morgan fingerprint density at radius 1 is 1.21 bits per heavy atom. The van der Waals surface area contributed by atoms with E-state index < -0.39 is 0 Å². The van der Waals surface area contributed by atoms with Crippen LogP contribution in [-0.4, -0.2) is 5.75 Å². The highest BCUT2D eigenvalue weighted by Gasteiger charge is 1.96. The van der Waals surface area contributed by atoms with Crippen LogP contribution in [0.1, 0.15) is 37.3 Å². The molecule has 0 aliphatic carbocycles. The van der Waals surface area contributed by atoms with Gasteiger partial charge in [0.25, 0.3) is 0 Å². The molecule has 0 saturated heterocycles. The first-order chi connectivity index (χ1) is 6.74. The van der Waals surface area contributed by atoms with Gasteiger partial charge >= 0.3 is 0 Å². The van der Waals surface area contributed by atoms with Crippen LogP contribution in [0.15, 0.2) is 30.3 Å². The third-order valence-electron chi connectivity index (χ3n) is 2.21. The van der Waals surface area contributed by atoms with Crippen molar-refractivity contribution in [1.82, 2.24) is 0 Å². The molecule has 1 aromatic rings. The van der Waals surface area contributed by atoms with E-state index in [-0.39, 0.29) is 0 Å². The molecule has 0 saturated carbocycles. The summed E-state index contributed by atoms with van der Waals surface area (Å²) in [6.45, 7) is 4.43. The Morgan fingerprint density at radius 2 is 1.86 bits per heavy atom. The lowest BCUT2D eigenvalue weighted by Gasteiger charge is -2.04. The molecular weight excluding hydrogens is 188 g/mol. The highest BCUT2D eigenvalue weighted by molar-refractivity contribution is 7.80. The van der Waals surface area contributed by atoms with Gasteiger partial charge in [0, 0.05) is 0 Å². The van der Waals surface area contributed by atoms with Crippen LogP contribution < -0.4 is 0 Å². The Bertz CT molecular complexity index is 283. The Morgan fingerprint density at radius 3 is 2.36 bits per heavy atom. The van der Waals surface area contributed by atoms with Crippen LogP contribution in [0.4, 0.5) is 0 Å². The van der Waals surface area contributed by atoms with Crippen LogP contribution in [0.2, 0.25) is 0 Å². The smallest absolute Gasteiger partial charge is 0.00632 e. The van der Waals surface area contributed by atoms with Crippen LogP contribution in [-0.2, 0) is 0 Å². The number of allylic oxidation sites excluding steroid dienone is 1. The third kappa shape index (κ3) is 3.59. The van der Waals surface area contributed by atoms with Crippen molar-refractivity contribution in [1.29, 1.82) is 0 Å². The van der Waals surface area contributed by atoms with Crippen molar-refractivity contribution in [3.8, 4) is 0 Å². The molecule has 14 heavy (non-hydrogen) atoms. The lowest BCUT2D eigenvalue weighted by atomic mass is 10.0. The minimum atomic E-state index is 0.616. The Hall–Kier alpha value is -0.690. The van der Waals surface area contributed by atoms with Gasteiger partial charge in [0.15, 0.2) is 0 Å². The zero-order valence-corrected chi connectivity index (χ0v) is 9.80. The molecule has 0 spiro atoms. The standard InChI is InChI=1S/C13H18S/c1-11(2)13-8-6-12(7-9-13)5-3-4-10-14/h3,5-9,11,14H,4,10H2,1-2H3. The van der Waals surface area contributed by atoms with Gasteiger partial charge in [-0.05, 0) is 29.2 Å². The van der Waals surface area contributed by atoms with E-state index in [1.165, 1.54) is 11.1 Å². The molecule has 0 unspecified atom stereocenters. The lowest BCUT2D eigenvalue weighted by molar-refractivity contribution is 0.866. The molecule has 0 aliphatic rings. The van der Waals surface area contributed by atoms with E-state index in [0.717, 1.165) is 12.2 Å². The molecule has 0 radical (unpaired) electrons. The first-order valence-electron chi connectivity index (χ1n) is 5.11. The van der Waals surface area contributed by atoms with Gasteiger partial charge in [0.05, 0.1) is 0 Å². The molecule has 76 valence electrons. The largest absolute Gasteiger partial charge is 0.179 e. The minimum absolute atomic E-state index is 0.616. The summed E-state index contributed by atoms with van der Waals surface area (Å²) in [6.07, 6.45) is 5.35. The van der Waals surface area contributed by atoms with Gasteiger partial charge in [-0.3, -0.25) is 0 Å². The fourth-order valence-electron chi connectivity index (χ4n) is 1.29. The molecular formula is C13H18S. The molecule has 0 amide bonds. The zero-order chi connectivity index (χ0) is 10.4. The van der Waals surface area contributed by atoms with Crippen molar-refractivity contribution >= 4 is 18.7 Å². The second kappa shape index (κ2) is 5.92. The van der Waals surface area contributed by atoms with E-state index in [0.29, 0.717) is 5.92 Å². The number of rotatable bonds is 4. The van der Waals surface area contributed by atoms with Gasteiger partial charge in [-0.1, -0.05) is 50.3 Å². The van der Waals surface area contributed by atoms with Crippen molar-refractivity contribution in [2.24, 2.45) is 0 Å². The predicted octanol–water partition coefficient (Wildman–Crippen LogP) is 4.14. The summed E-state index contributed by atoms with van der Waals surface area (Å²) >= 11 is 4.16. The third-order valence-corrected chi connectivity index (χ3v) is 2.47. The molecule has 0 bridgehead atoms. The summed E-state index contributed by atoms with van der Waals surface area (Å²) in [5.74, 6) is 1.53. The molecule has 0 aliphatic heterocycles. The van der Waals surface area contributed by atoms with Gasteiger partial charge in [-0.25, -0.2) is 0 Å². The van der Waals surface area contributed by atoms with E-state index in [1.54, 1.807) is 0 Å². The topological polar surface area (TPSA) is 0 Å². The second-order valence-electron chi connectivity index (χ2n) is 3.74. The van der Waals surface area contributed by atoms with E-state index >= 15 is 0 Å². The monoisotopic (exact) mass is 206 g/mol. The van der Waals surface area contributed by atoms with Crippen LogP contribution in [0.3, 0.4) is 0 Å². The van der Waals surface area contributed by atoms with Gasteiger partial charge in [-0.15, -0.1) is 0 Å². The maximum Gasteiger partial charge on any atom is -0.00632 e. The van der Waals surface area contributed by atoms with Gasteiger partial charge in [0.2, 0.25) is 0 Å². The van der Waals surface area contributed by atoms with Crippen molar-refractivity contribution < 1.29 is 0 Å². The second-order valence-corrected chi connectivity index (χ2v) is 4.18. The summed E-state index contributed by atoms with van der Waals surface area (Å²) in [5, 5.41) is 0. The summed E-state index contributed by atoms with van der Waals surface area (Å²) in [7, 11) is 0. The highest BCUT2D eigenvalue weighted by Crippen LogP contribution is 2.15. The van der Waals surface area contributed by atoms with E-state index in [4.69, 9.17) is 0 Å². The van der Waals surface area contributed by atoms with Gasteiger partial charge in [-0.2, -0.15) is 12.6 Å². The maximum absolute atomic E-state index is 4.16. The first kappa shape index (κ1) is 11.4. The van der Waals surface area contributed by atoms with Crippen LogP contribution >= 0.6 is 12.6 Å². The molecule has 0 aromatic heterocycles. The van der Waals surface area contributed by atoms with Crippen molar-refractivity contribution in [3.05, 3.63) is 41.5 Å². The van der Waals surface area contributed by atoms with E-state index in [2.05, 4.69) is 62.9 Å². The molecule has 0 fully saturated rings. The number of hydrogen-bond acceptors (Lipinski definition) is 1. The van der Waals surface area contributed by atoms with Gasteiger partial charge < -0.3 is 0 Å². The Labute approximate surface area is 92.5 Å². The van der Waals surface area contributed by atoms with E-state index in [1.807, 2.05) is 0 Å². The molecule has 0 heterocycles. The molecule has 0 atom stereocenters. The zero-order valence-electron chi connectivity index (χ0n) is 8.90. The minimum Gasteiger partial charge on any atom is -0.179 e. The average Bonchev–Trinajstić information content (AvgIpc) is 2.19. The first-order valence-corrected chi connectivity index (χ1v) is 5.74. The summed E-state index contributed by atoms with van der Waals surface area (Å²) in [5.41, 5.74) is 2.67. The summed E-state index contributed by atoms with van der Waals surface area (Å²) in [4.78, 5) is 0. The van der Waals surface area contributed by atoms with Crippen molar-refractivity contribution in [2.75, 3.05) is 5.75 Å².